The van der Waals surface area contributed by atoms with Gasteiger partial charge in [-0.3, -0.25) is 0 Å². The van der Waals surface area contributed by atoms with Gasteiger partial charge in [-0.15, -0.1) is 0 Å². The number of ether oxygens (including phenoxy) is 3. The van der Waals surface area contributed by atoms with E-state index in [9.17, 15) is 15.0 Å². The molecular formula is C26H26O6. The Kier molecular flexibility index (Phi) is 6.39. The van der Waals surface area contributed by atoms with Crippen molar-refractivity contribution in [2.24, 2.45) is 0 Å². The van der Waals surface area contributed by atoms with Crippen LogP contribution in [0, 0.1) is 0 Å². The van der Waals surface area contributed by atoms with Crippen molar-refractivity contribution in [2.45, 2.75) is 30.5 Å². The van der Waals surface area contributed by atoms with Crippen LogP contribution < -0.4 is 0 Å². The zero-order valence-corrected chi connectivity index (χ0v) is 17.8. The van der Waals surface area contributed by atoms with Crippen molar-refractivity contribution in [2.75, 3.05) is 13.2 Å². The fourth-order valence-corrected chi connectivity index (χ4v) is 4.15. The SMILES string of the molecule is CCO[C@]1(COC(c2ccccc2)(c2ccccc2)c2ccccc2)OC(=O)C(O)C1O. The van der Waals surface area contributed by atoms with Crippen molar-refractivity contribution in [1.29, 1.82) is 0 Å². The molecule has 0 aromatic heterocycles. The monoisotopic (exact) mass is 434 g/mol. The molecule has 0 amide bonds. The number of benzene rings is 3. The van der Waals surface area contributed by atoms with Gasteiger partial charge in [0.2, 0.25) is 0 Å². The van der Waals surface area contributed by atoms with Crippen molar-refractivity contribution >= 4 is 5.97 Å². The van der Waals surface area contributed by atoms with Crippen molar-refractivity contribution in [1.82, 2.24) is 0 Å². The Hall–Kier alpha value is -3.03. The van der Waals surface area contributed by atoms with Crippen molar-refractivity contribution in [3.05, 3.63) is 108 Å². The summed E-state index contributed by atoms with van der Waals surface area (Å²) in [4.78, 5) is 12.0. The molecule has 1 aliphatic rings. The minimum Gasteiger partial charge on any atom is -0.425 e. The average Bonchev–Trinajstić information content (AvgIpc) is 3.05. The lowest BCUT2D eigenvalue weighted by atomic mass is 9.80. The predicted octanol–water partition coefficient (Wildman–Crippen LogP) is 3.01. The molecule has 0 spiro atoms. The van der Waals surface area contributed by atoms with E-state index in [0.717, 1.165) is 16.7 Å². The third kappa shape index (κ3) is 3.82. The van der Waals surface area contributed by atoms with E-state index in [4.69, 9.17) is 14.2 Å². The summed E-state index contributed by atoms with van der Waals surface area (Å²) in [6.45, 7) is 1.56. The number of aliphatic hydroxyl groups is 2. The summed E-state index contributed by atoms with van der Waals surface area (Å²) in [5.41, 5.74) is 1.46. The number of carbonyl (C=O) groups is 1. The zero-order chi connectivity index (χ0) is 22.6. The number of rotatable bonds is 8. The van der Waals surface area contributed by atoms with Crippen LogP contribution >= 0.6 is 0 Å². The maximum Gasteiger partial charge on any atom is 0.340 e. The van der Waals surface area contributed by atoms with Crippen LogP contribution in [0.4, 0.5) is 0 Å². The molecule has 1 aliphatic heterocycles. The summed E-state index contributed by atoms with van der Waals surface area (Å²) in [6.07, 6.45) is -3.29. The van der Waals surface area contributed by atoms with Gasteiger partial charge >= 0.3 is 5.97 Å². The zero-order valence-electron chi connectivity index (χ0n) is 17.8. The first-order chi connectivity index (χ1) is 15.5. The summed E-state index contributed by atoms with van der Waals surface area (Å²) in [6, 6.07) is 29.0. The van der Waals surface area contributed by atoms with Crippen LogP contribution in [0.1, 0.15) is 23.6 Å². The lowest BCUT2D eigenvalue weighted by molar-refractivity contribution is -0.272. The van der Waals surface area contributed by atoms with Crippen molar-refractivity contribution in [3.8, 4) is 0 Å². The molecule has 166 valence electrons. The van der Waals surface area contributed by atoms with E-state index in [1.54, 1.807) is 6.92 Å². The highest BCUT2D eigenvalue weighted by molar-refractivity contribution is 5.78. The largest absolute Gasteiger partial charge is 0.425 e. The van der Waals surface area contributed by atoms with Gasteiger partial charge in [-0.05, 0) is 23.6 Å². The molecule has 3 atom stereocenters. The van der Waals surface area contributed by atoms with E-state index in [1.807, 2.05) is 91.0 Å². The van der Waals surface area contributed by atoms with Gasteiger partial charge in [0.05, 0.1) is 0 Å². The molecule has 2 N–H and O–H groups in total. The third-order valence-corrected chi connectivity index (χ3v) is 5.68. The number of aliphatic hydroxyl groups excluding tert-OH is 2. The minimum absolute atomic E-state index is 0.148. The van der Waals surface area contributed by atoms with E-state index in [1.165, 1.54) is 0 Å². The van der Waals surface area contributed by atoms with Gasteiger partial charge < -0.3 is 24.4 Å². The number of hydrogen-bond acceptors (Lipinski definition) is 6. The normalized spacial score (nSPS) is 23.2. The van der Waals surface area contributed by atoms with Gasteiger partial charge in [-0.1, -0.05) is 91.0 Å². The minimum atomic E-state index is -1.82. The van der Waals surface area contributed by atoms with E-state index < -0.39 is 29.6 Å². The van der Waals surface area contributed by atoms with Crippen molar-refractivity contribution in [3.63, 3.8) is 0 Å². The molecule has 0 saturated carbocycles. The summed E-state index contributed by atoms with van der Waals surface area (Å²) < 4.78 is 17.6. The summed E-state index contributed by atoms with van der Waals surface area (Å²) in [5.74, 6) is -2.77. The molecule has 0 radical (unpaired) electrons. The lowest BCUT2D eigenvalue weighted by Gasteiger charge is -2.39. The van der Waals surface area contributed by atoms with Gasteiger partial charge in [0.1, 0.15) is 12.2 Å². The van der Waals surface area contributed by atoms with Crippen LogP contribution in [0.25, 0.3) is 0 Å². The van der Waals surface area contributed by atoms with E-state index >= 15 is 0 Å². The highest BCUT2D eigenvalue weighted by Crippen LogP contribution is 2.42. The summed E-state index contributed by atoms with van der Waals surface area (Å²) >= 11 is 0. The first-order valence-electron chi connectivity index (χ1n) is 10.6. The molecule has 1 saturated heterocycles. The van der Waals surface area contributed by atoms with E-state index in [0.29, 0.717) is 0 Å². The molecule has 3 aromatic carbocycles. The van der Waals surface area contributed by atoms with Crippen LogP contribution in [-0.4, -0.2) is 47.4 Å². The average molecular weight is 434 g/mol. The molecular weight excluding hydrogens is 408 g/mol. The molecule has 0 aliphatic carbocycles. The van der Waals surface area contributed by atoms with Crippen LogP contribution in [0.5, 0.6) is 0 Å². The first kappa shape index (κ1) is 22.2. The Bertz CT molecular complexity index is 927. The molecule has 6 nitrogen and oxygen atoms in total. The number of carbonyl (C=O) groups excluding carboxylic acids is 1. The quantitative estimate of drug-likeness (QED) is 0.419. The lowest BCUT2D eigenvalue weighted by Crippen LogP contribution is -2.51. The van der Waals surface area contributed by atoms with Gasteiger partial charge in [-0.2, -0.15) is 0 Å². The van der Waals surface area contributed by atoms with Crippen molar-refractivity contribution < 1.29 is 29.2 Å². The van der Waals surface area contributed by atoms with E-state index in [-0.39, 0.29) is 13.2 Å². The second-order valence-electron chi connectivity index (χ2n) is 7.62. The molecule has 1 fully saturated rings. The standard InChI is InChI=1S/C26H26O6/c1-2-30-25(23(28)22(27)24(29)32-25)18-31-26(19-12-6-3-7-13-19,20-14-8-4-9-15-20)21-16-10-5-11-17-21/h3-17,22-23,27-28H,2,18H2,1H3/t22?,23?,25-/m1/s1. The first-order valence-corrected chi connectivity index (χ1v) is 10.6. The van der Waals surface area contributed by atoms with Crippen LogP contribution in [0.15, 0.2) is 91.0 Å². The molecule has 32 heavy (non-hydrogen) atoms. The van der Waals surface area contributed by atoms with Gasteiger partial charge in [0, 0.05) is 6.61 Å². The number of esters is 1. The number of cyclic esters (lactones) is 1. The smallest absolute Gasteiger partial charge is 0.340 e. The Morgan fingerprint density at radius 3 is 1.62 bits per heavy atom. The topological polar surface area (TPSA) is 85.2 Å². The molecule has 6 heteroatoms. The van der Waals surface area contributed by atoms with Gasteiger partial charge in [0.25, 0.3) is 5.79 Å². The van der Waals surface area contributed by atoms with Gasteiger partial charge in [0.15, 0.2) is 12.2 Å². The molecule has 3 aromatic rings. The Morgan fingerprint density at radius 2 is 1.28 bits per heavy atom. The van der Waals surface area contributed by atoms with E-state index in [2.05, 4.69) is 0 Å². The molecule has 4 rings (SSSR count). The second-order valence-corrected chi connectivity index (χ2v) is 7.62. The predicted molar refractivity (Wildman–Crippen MR) is 118 cm³/mol. The maximum absolute atomic E-state index is 12.0. The molecule has 2 unspecified atom stereocenters. The Labute approximate surface area is 187 Å². The van der Waals surface area contributed by atoms with Crippen LogP contribution in [0.3, 0.4) is 0 Å². The second kappa shape index (κ2) is 9.22. The highest BCUT2D eigenvalue weighted by atomic mass is 16.8. The Morgan fingerprint density at radius 1 is 0.844 bits per heavy atom. The maximum atomic E-state index is 12.0. The highest BCUT2D eigenvalue weighted by Gasteiger charge is 2.57. The fourth-order valence-electron chi connectivity index (χ4n) is 4.15. The molecule has 0 bridgehead atoms. The molecule has 1 heterocycles. The summed E-state index contributed by atoms with van der Waals surface area (Å²) in [7, 11) is 0. The number of hydrogen-bond donors (Lipinski definition) is 2. The van der Waals surface area contributed by atoms with Crippen LogP contribution in [0.2, 0.25) is 0 Å². The summed E-state index contributed by atoms with van der Waals surface area (Å²) in [5, 5.41) is 20.7. The fraction of sp³-hybridized carbons (Fsp3) is 0.269. The van der Waals surface area contributed by atoms with Crippen LogP contribution in [-0.2, 0) is 24.6 Å². The van der Waals surface area contributed by atoms with Gasteiger partial charge in [-0.25, -0.2) is 4.79 Å². The Balaban J connectivity index is 1.86. The third-order valence-electron chi connectivity index (χ3n) is 5.68.